The lowest BCUT2D eigenvalue weighted by Gasteiger charge is -2.13. The van der Waals surface area contributed by atoms with Gasteiger partial charge in [-0.05, 0) is 25.1 Å². The van der Waals surface area contributed by atoms with Crippen molar-refractivity contribution in [3.05, 3.63) is 36.3 Å². The average molecular weight is 328 g/mol. The summed E-state index contributed by atoms with van der Waals surface area (Å²) in [5, 5.41) is 7.29. The Balaban J connectivity index is 2.05. The largest absolute Gasteiger partial charge is 0.493 e. The number of nitrogens with one attached hydrogen (secondary N) is 2. The minimum atomic E-state index is 0.527. The maximum Gasteiger partial charge on any atom is 0.225 e. The summed E-state index contributed by atoms with van der Waals surface area (Å²) in [6, 6.07) is 7.47. The van der Waals surface area contributed by atoms with Crippen LogP contribution in [0, 0.1) is 0 Å². The lowest BCUT2D eigenvalue weighted by molar-refractivity contribution is 0.356. The molecular formula is C17H20N4O3. The Labute approximate surface area is 140 Å². The summed E-state index contributed by atoms with van der Waals surface area (Å²) in [6.07, 6.45) is 1.65. The van der Waals surface area contributed by atoms with Gasteiger partial charge in [-0.25, -0.2) is 4.98 Å². The van der Waals surface area contributed by atoms with Gasteiger partial charge in [0.15, 0.2) is 11.5 Å². The zero-order valence-corrected chi connectivity index (χ0v) is 13.9. The van der Waals surface area contributed by atoms with Crippen LogP contribution in [0.15, 0.2) is 34.9 Å². The van der Waals surface area contributed by atoms with Gasteiger partial charge in [0.05, 0.1) is 32.5 Å². The highest BCUT2D eigenvalue weighted by molar-refractivity contribution is 5.92. The predicted octanol–water partition coefficient (Wildman–Crippen LogP) is 3.28. The first-order valence-corrected chi connectivity index (χ1v) is 7.69. The van der Waals surface area contributed by atoms with Crippen LogP contribution in [0.3, 0.4) is 0 Å². The van der Waals surface area contributed by atoms with Crippen molar-refractivity contribution >= 4 is 22.7 Å². The molecule has 0 aliphatic heterocycles. The molecule has 7 heteroatoms. The zero-order valence-electron chi connectivity index (χ0n) is 13.9. The number of hydrogen-bond donors (Lipinski definition) is 2. The Morgan fingerprint density at radius 1 is 1.08 bits per heavy atom. The Kier molecular flexibility index (Phi) is 4.69. The van der Waals surface area contributed by atoms with E-state index in [2.05, 4.69) is 20.6 Å². The lowest BCUT2D eigenvalue weighted by atomic mass is 10.2. The molecule has 0 bridgehead atoms. The molecule has 0 saturated carbocycles. The van der Waals surface area contributed by atoms with Crippen LogP contribution in [-0.2, 0) is 6.54 Å². The minimum Gasteiger partial charge on any atom is -0.493 e. The fourth-order valence-corrected chi connectivity index (χ4v) is 2.41. The van der Waals surface area contributed by atoms with Crippen molar-refractivity contribution in [2.24, 2.45) is 0 Å². The van der Waals surface area contributed by atoms with Crippen molar-refractivity contribution in [3.8, 4) is 11.5 Å². The van der Waals surface area contributed by atoms with Gasteiger partial charge in [-0.1, -0.05) is 0 Å². The number of rotatable bonds is 7. The normalized spacial score (nSPS) is 10.6. The predicted molar refractivity (Wildman–Crippen MR) is 92.8 cm³/mol. The van der Waals surface area contributed by atoms with Gasteiger partial charge >= 0.3 is 0 Å². The first-order chi connectivity index (χ1) is 11.7. The molecule has 2 aromatic heterocycles. The van der Waals surface area contributed by atoms with Gasteiger partial charge in [0.1, 0.15) is 11.6 Å². The standard InChI is InChI=1S/C17H20N4O3/c1-4-18-17-20-13-9-15(23-3)14(22-2)8-12(13)16(21-17)19-10-11-6-5-7-24-11/h5-9H,4,10H2,1-3H3,(H2,18,19,20,21). The molecule has 126 valence electrons. The van der Waals surface area contributed by atoms with Gasteiger partial charge in [0, 0.05) is 18.0 Å². The molecule has 0 aliphatic carbocycles. The first-order valence-electron chi connectivity index (χ1n) is 7.69. The number of benzene rings is 1. The molecule has 0 amide bonds. The fourth-order valence-electron chi connectivity index (χ4n) is 2.41. The fraction of sp³-hybridized carbons (Fsp3) is 0.294. The summed E-state index contributed by atoms with van der Waals surface area (Å²) in [5.41, 5.74) is 0.764. The Hall–Kier alpha value is -2.96. The van der Waals surface area contributed by atoms with E-state index in [1.54, 1.807) is 20.5 Å². The van der Waals surface area contributed by atoms with Gasteiger partial charge in [0.25, 0.3) is 0 Å². The van der Waals surface area contributed by atoms with Crippen LogP contribution >= 0.6 is 0 Å². The number of anilines is 2. The molecule has 0 atom stereocenters. The summed E-state index contributed by atoms with van der Waals surface area (Å²) in [4.78, 5) is 9.08. The molecule has 0 fully saturated rings. The second-order valence-corrected chi connectivity index (χ2v) is 5.08. The number of aromatic nitrogens is 2. The second-order valence-electron chi connectivity index (χ2n) is 5.08. The van der Waals surface area contributed by atoms with Crippen LogP contribution in [0.25, 0.3) is 10.9 Å². The van der Waals surface area contributed by atoms with E-state index in [-0.39, 0.29) is 0 Å². The van der Waals surface area contributed by atoms with Crippen LogP contribution in [0.4, 0.5) is 11.8 Å². The van der Waals surface area contributed by atoms with Crippen molar-refractivity contribution in [2.45, 2.75) is 13.5 Å². The summed E-state index contributed by atoms with van der Waals surface area (Å²) in [6.45, 7) is 3.26. The molecule has 0 unspecified atom stereocenters. The number of furan rings is 1. The van der Waals surface area contributed by atoms with Crippen molar-refractivity contribution < 1.29 is 13.9 Å². The van der Waals surface area contributed by atoms with Crippen molar-refractivity contribution in [1.29, 1.82) is 0 Å². The van der Waals surface area contributed by atoms with Gasteiger partial charge in [0.2, 0.25) is 5.95 Å². The molecule has 2 N–H and O–H groups in total. The van der Waals surface area contributed by atoms with Crippen LogP contribution < -0.4 is 20.1 Å². The highest BCUT2D eigenvalue weighted by Crippen LogP contribution is 2.34. The quantitative estimate of drug-likeness (QED) is 0.688. The number of nitrogens with zero attached hydrogens (tertiary/aromatic N) is 2. The number of ether oxygens (including phenoxy) is 2. The topological polar surface area (TPSA) is 81.4 Å². The Morgan fingerprint density at radius 2 is 1.88 bits per heavy atom. The van der Waals surface area contributed by atoms with Crippen molar-refractivity contribution in [2.75, 3.05) is 31.4 Å². The van der Waals surface area contributed by atoms with Crippen LogP contribution in [0.5, 0.6) is 11.5 Å². The molecule has 0 saturated heterocycles. The molecule has 0 radical (unpaired) electrons. The van der Waals surface area contributed by atoms with E-state index < -0.39 is 0 Å². The maximum atomic E-state index is 5.38. The van der Waals surface area contributed by atoms with E-state index in [9.17, 15) is 0 Å². The molecule has 3 rings (SSSR count). The van der Waals surface area contributed by atoms with E-state index in [4.69, 9.17) is 13.9 Å². The van der Waals surface area contributed by atoms with E-state index >= 15 is 0 Å². The van der Waals surface area contributed by atoms with Gasteiger partial charge in [-0.3, -0.25) is 0 Å². The summed E-state index contributed by atoms with van der Waals surface area (Å²) < 4.78 is 16.1. The zero-order chi connectivity index (χ0) is 16.9. The van der Waals surface area contributed by atoms with Crippen LogP contribution in [0.2, 0.25) is 0 Å². The third-order valence-electron chi connectivity index (χ3n) is 3.55. The molecule has 0 spiro atoms. The third-order valence-corrected chi connectivity index (χ3v) is 3.55. The van der Waals surface area contributed by atoms with Crippen LogP contribution in [0.1, 0.15) is 12.7 Å². The smallest absolute Gasteiger partial charge is 0.225 e. The van der Waals surface area contributed by atoms with E-state index in [1.807, 2.05) is 31.2 Å². The SMILES string of the molecule is CCNc1nc(NCc2ccco2)c2cc(OC)c(OC)cc2n1. The minimum absolute atomic E-state index is 0.527. The summed E-state index contributed by atoms with van der Waals surface area (Å²) in [5.74, 6) is 3.34. The highest BCUT2D eigenvalue weighted by Gasteiger charge is 2.13. The molecule has 24 heavy (non-hydrogen) atoms. The van der Waals surface area contributed by atoms with Crippen LogP contribution in [-0.4, -0.2) is 30.7 Å². The number of methoxy groups -OCH3 is 2. The molecular weight excluding hydrogens is 308 g/mol. The molecule has 1 aromatic carbocycles. The maximum absolute atomic E-state index is 5.38. The Bertz CT molecular complexity index is 818. The Morgan fingerprint density at radius 3 is 2.54 bits per heavy atom. The van der Waals surface area contributed by atoms with E-state index in [0.717, 1.165) is 23.2 Å². The highest BCUT2D eigenvalue weighted by atomic mass is 16.5. The molecule has 3 aromatic rings. The van der Waals surface area contributed by atoms with E-state index in [1.165, 1.54) is 0 Å². The van der Waals surface area contributed by atoms with Crippen molar-refractivity contribution in [3.63, 3.8) is 0 Å². The van der Waals surface area contributed by atoms with Gasteiger partial charge < -0.3 is 24.5 Å². The first kappa shape index (κ1) is 15.9. The molecule has 0 aliphatic rings. The second kappa shape index (κ2) is 7.08. The average Bonchev–Trinajstić information content (AvgIpc) is 3.12. The number of hydrogen-bond acceptors (Lipinski definition) is 7. The summed E-state index contributed by atoms with van der Waals surface area (Å²) >= 11 is 0. The summed E-state index contributed by atoms with van der Waals surface area (Å²) in [7, 11) is 3.21. The monoisotopic (exact) mass is 328 g/mol. The van der Waals surface area contributed by atoms with Gasteiger partial charge in [-0.15, -0.1) is 0 Å². The third kappa shape index (κ3) is 3.19. The molecule has 7 nitrogen and oxygen atoms in total. The van der Waals surface area contributed by atoms with Gasteiger partial charge in [-0.2, -0.15) is 4.98 Å². The molecule has 2 heterocycles. The lowest BCUT2D eigenvalue weighted by Crippen LogP contribution is -2.07. The van der Waals surface area contributed by atoms with Crippen molar-refractivity contribution in [1.82, 2.24) is 9.97 Å². The van der Waals surface area contributed by atoms with E-state index in [0.29, 0.717) is 29.8 Å². The number of fused-ring (bicyclic) bond motifs is 1.